The van der Waals surface area contributed by atoms with Gasteiger partial charge in [0.2, 0.25) is 0 Å². The highest BCUT2D eigenvalue weighted by Crippen LogP contribution is 2.38. The fourth-order valence-electron chi connectivity index (χ4n) is 3.00. The van der Waals surface area contributed by atoms with E-state index in [0.717, 1.165) is 19.4 Å². The van der Waals surface area contributed by atoms with Crippen LogP contribution in [0.2, 0.25) is 0 Å². The zero-order valence-electron chi connectivity index (χ0n) is 13.4. The fraction of sp³-hybridized carbons (Fsp3) is 0.750. The number of hydrogen-bond donors (Lipinski definition) is 1. The summed E-state index contributed by atoms with van der Waals surface area (Å²) in [6.45, 7) is 10.1. The smallest absolute Gasteiger partial charge is 0.0601 e. The molecular weight excluding hydrogens is 252 g/mol. The SMILES string of the molecule is CCCNC(c1ccc(C)s1)C(CC)(CC)N(C)C. The van der Waals surface area contributed by atoms with E-state index in [2.05, 4.69) is 64.1 Å². The molecule has 1 rings (SSSR count). The normalized spacial score (nSPS) is 14.1. The molecule has 0 saturated heterocycles. The van der Waals surface area contributed by atoms with Crippen molar-refractivity contribution in [1.82, 2.24) is 10.2 Å². The van der Waals surface area contributed by atoms with Crippen LogP contribution in [0.15, 0.2) is 12.1 Å². The van der Waals surface area contributed by atoms with Gasteiger partial charge in [0.1, 0.15) is 0 Å². The standard InChI is InChI=1S/C16H30N2S/c1-7-12-17-15(14-11-10-13(4)19-14)16(8-2,9-3)18(5)6/h10-11,15,17H,7-9,12H2,1-6H3. The minimum atomic E-state index is 0.201. The van der Waals surface area contributed by atoms with E-state index in [4.69, 9.17) is 0 Å². The molecule has 0 saturated carbocycles. The summed E-state index contributed by atoms with van der Waals surface area (Å²) < 4.78 is 0. The molecule has 1 aromatic rings. The first-order valence-electron chi connectivity index (χ1n) is 7.48. The summed E-state index contributed by atoms with van der Waals surface area (Å²) in [4.78, 5) is 5.29. The first-order chi connectivity index (χ1) is 9.01. The Kier molecular flexibility index (Phi) is 6.51. The van der Waals surface area contributed by atoms with Gasteiger partial charge in [0.15, 0.2) is 0 Å². The quantitative estimate of drug-likeness (QED) is 0.768. The van der Waals surface area contributed by atoms with Gasteiger partial charge in [-0.3, -0.25) is 0 Å². The monoisotopic (exact) mass is 282 g/mol. The highest BCUT2D eigenvalue weighted by molar-refractivity contribution is 7.12. The average Bonchev–Trinajstić information content (AvgIpc) is 2.81. The predicted molar refractivity (Wildman–Crippen MR) is 87.1 cm³/mol. The molecule has 0 radical (unpaired) electrons. The fourth-order valence-corrected chi connectivity index (χ4v) is 4.07. The van der Waals surface area contributed by atoms with Crippen LogP contribution in [0.25, 0.3) is 0 Å². The Labute approximate surface area is 123 Å². The molecule has 0 aromatic carbocycles. The summed E-state index contributed by atoms with van der Waals surface area (Å²) in [5.41, 5.74) is 0.201. The van der Waals surface area contributed by atoms with Gasteiger partial charge in [-0.15, -0.1) is 11.3 Å². The van der Waals surface area contributed by atoms with E-state index in [1.807, 2.05) is 11.3 Å². The van der Waals surface area contributed by atoms with Gasteiger partial charge in [-0.05, 0) is 59.0 Å². The second-order valence-corrected chi connectivity index (χ2v) is 6.86. The highest BCUT2D eigenvalue weighted by Gasteiger charge is 2.39. The van der Waals surface area contributed by atoms with Crippen LogP contribution in [0, 0.1) is 6.92 Å². The molecule has 0 aliphatic rings. The van der Waals surface area contributed by atoms with E-state index < -0.39 is 0 Å². The largest absolute Gasteiger partial charge is 0.308 e. The highest BCUT2D eigenvalue weighted by atomic mass is 32.1. The zero-order valence-corrected chi connectivity index (χ0v) is 14.2. The van der Waals surface area contributed by atoms with Crippen molar-refractivity contribution in [3.63, 3.8) is 0 Å². The van der Waals surface area contributed by atoms with E-state index in [0.29, 0.717) is 6.04 Å². The van der Waals surface area contributed by atoms with Gasteiger partial charge >= 0.3 is 0 Å². The van der Waals surface area contributed by atoms with Crippen LogP contribution in [-0.4, -0.2) is 31.1 Å². The third-order valence-electron chi connectivity index (χ3n) is 4.30. The molecule has 1 aromatic heterocycles. The van der Waals surface area contributed by atoms with Crippen molar-refractivity contribution in [2.45, 2.75) is 58.5 Å². The summed E-state index contributed by atoms with van der Waals surface area (Å²) in [5, 5.41) is 3.79. The number of rotatable bonds is 8. The van der Waals surface area contributed by atoms with Gasteiger partial charge in [0.25, 0.3) is 0 Å². The van der Waals surface area contributed by atoms with Gasteiger partial charge in [-0.2, -0.15) is 0 Å². The van der Waals surface area contributed by atoms with Crippen LogP contribution in [0.3, 0.4) is 0 Å². The summed E-state index contributed by atoms with van der Waals surface area (Å²) in [6, 6.07) is 4.97. The molecule has 0 aliphatic heterocycles. The Morgan fingerprint density at radius 2 is 1.84 bits per heavy atom. The molecule has 110 valence electrons. The summed E-state index contributed by atoms with van der Waals surface area (Å²) in [6.07, 6.45) is 3.50. The first-order valence-corrected chi connectivity index (χ1v) is 8.30. The summed E-state index contributed by atoms with van der Waals surface area (Å²) >= 11 is 1.93. The molecule has 1 unspecified atom stereocenters. The van der Waals surface area contributed by atoms with Crippen molar-refractivity contribution in [3.8, 4) is 0 Å². The van der Waals surface area contributed by atoms with Crippen LogP contribution < -0.4 is 5.32 Å². The Morgan fingerprint density at radius 3 is 2.21 bits per heavy atom. The molecule has 3 heteroatoms. The van der Waals surface area contributed by atoms with Crippen LogP contribution in [0.1, 0.15) is 55.8 Å². The lowest BCUT2D eigenvalue weighted by Gasteiger charge is -2.45. The van der Waals surface area contributed by atoms with E-state index in [1.165, 1.54) is 16.2 Å². The minimum absolute atomic E-state index is 0.201. The van der Waals surface area contributed by atoms with Crippen molar-refractivity contribution >= 4 is 11.3 Å². The summed E-state index contributed by atoms with van der Waals surface area (Å²) in [5.74, 6) is 0. The van der Waals surface area contributed by atoms with Gasteiger partial charge in [-0.1, -0.05) is 20.8 Å². The lowest BCUT2D eigenvalue weighted by Crippen LogP contribution is -2.53. The molecule has 2 nitrogen and oxygen atoms in total. The van der Waals surface area contributed by atoms with Crippen molar-refractivity contribution in [2.75, 3.05) is 20.6 Å². The van der Waals surface area contributed by atoms with Crippen molar-refractivity contribution in [1.29, 1.82) is 0 Å². The molecular formula is C16H30N2S. The molecule has 0 spiro atoms. The topological polar surface area (TPSA) is 15.3 Å². The van der Waals surface area contributed by atoms with Gasteiger partial charge in [0, 0.05) is 15.3 Å². The first kappa shape index (κ1) is 16.7. The number of likely N-dealkylation sites (N-methyl/N-ethyl adjacent to an activating group) is 1. The van der Waals surface area contributed by atoms with E-state index in [1.54, 1.807) is 0 Å². The molecule has 1 heterocycles. The second-order valence-electron chi connectivity index (χ2n) is 5.54. The number of nitrogens with zero attached hydrogens (tertiary/aromatic N) is 1. The number of aryl methyl sites for hydroxylation is 1. The molecule has 0 bridgehead atoms. The zero-order chi connectivity index (χ0) is 14.5. The molecule has 1 atom stereocenters. The maximum absolute atomic E-state index is 3.79. The molecule has 0 amide bonds. The Bertz CT molecular complexity index is 367. The molecule has 0 fully saturated rings. The van der Waals surface area contributed by atoms with Gasteiger partial charge < -0.3 is 10.2 Å². The minimum Gasteiger partial charge on any atom is -0.308 e. The maximum Gasteiger partial charge on any atom is 0.0601 e. The average molecular weight is 282 g/mol. The summed E-state index contributed by atoms with van der Waals surface area (Å²) in [7, 11) is 4.43. The van der Waals surface area contributed by atoms with Crippen molar-refractivity contribution in [2.24, 2.45) is 0 Å². The van der Waals surface area contributed by atoms with Crippen LogP contribution in [-0.2, 0) is 0 Å². The third kappa shape index (κ3) is 3.59. The molecule has 19 heavy (non-hydrogen) atoms. The maximum atomic E-state index is 3.79. The van der Waals surface area contributed by atoms with Crippen molar-refractivity contribution < 1.29 is 0 Å². The lowest BCUT2D eigenvalue weighted by atomic mass is 9.82. The van der Waals surface area contributed by atoms with Crippen LogP contribution in [0.4, 0.5) is 0 Å². The number of thiophene rings is 1. The van der Waals surface area contributed by atoms with Gasteiger partial charge in [0.05, 0.1) is 6.04 Å². The second kappa shape index (κ2) is 7.41. The van der Waals surface area contributed by atoms with Gasteiger partial charge in [-0.25, -0.2) is 0 Å². The predicted octanol–water partition coefficient (Wildman–Crippen LogP) is 4.22. The number of nitrogens with one attached hydrogen (secondary N) is 1. The van der Waals surface area contributed by atoms with Crippen LogP contribution >= 0.6 is 11.3 Å². The van der Waals surface area contributed by atoms with E-state index in [-0.39, 0.29) is 5.54 Å². The molecule has 0 aliphatic carbocycles. The van der Waals surface area contributed by atoms with Crippen LogP contribution in [0.5, 0.6) is 0 Å². The lowest BCUT2D eigenvalue weighted by molar-refractivity contribution is 0.0896. The Hall–Kier alpha value is -0.380. The van der Waals surface area contributed by atoms with E-state index in [9.17, 15) is 0 Å². The van der Waals surface area contributed by atoms with E-state index >= 15 is 0 Å². The van der Waals surface area contributed by atoms with Crippen molar-refractivity contribution in [3.05, 3.63) is 21.9 Å². The molecule has 1 N–H and O–H groups in total. The Balaban J connectivity index is 3.13. The number of hydrogen-bond acceptors (Lipinski definition) is 3. The third-order valence-corrected chi connectivity index (χ3v) is 5.36. The Morgan fingerprint density at radius 1 is 1.21 bits per heavy atom.